The summed E-state index contributed by atoms with van der Waals surface area (Å²) in [5.41, 5.74) is 16.6. The number of benzene rings is 6. The standard InChI is InChI=1S/C31H23NO.C17H23NSi.C13H13N.Ir/c1-2-8-20(9-3-1)24-16-17-26(28-18-22-11-4-5-12-23(22)19-32-28)31-29(24)27-15-14-21-10-6-7-13-25(21)30(27)33-31;1-13(2)15-11-16(14-9-7-6-8-10-14)18-12-17(15)19(3,4)5;1-2-11-8-9-14-13(10-11)12-6-4-3-5-7-12;/h1-5,8-9,11-12,14-19H,6-7,10,13H2;6-13H,1-5H3;3-10H,2H2,1H3;. The molecule has 1 aliphatic carbocycles. The Bertz CT molecular complexity index is 3250. The Morgan fingerprint density at radius 1 is 0.552 bits per heavy atom. The first kappa shape index (κ1) is 47.2. The quantitative estimate of drug-likeness (QED) is 0.149. The first-order valence-electron chi connectivity index (χ1n) is 23.6. The molecule has 0 bridgehead atoms. The summed E-state index contributed by atoms with van der Waals surface area (Å²) in [7, 11) is -1.33. The van der Waals surface area contributed by atoms with Crippen molar-refractivity contribution in [2.24, 2.45) is 0 Å². The minimum absolute atomic E-state index is 0. The van der Waals surface area contributed by atoms with Crippen molar-refractivity contribution in [2.45, 2.75) is 78.4 Å². The molecule has 337 valence electrons. The van der Waals surface area contributed by atoms with Crippen LogP contribution in [0, 0.1) is 0 Å². The first-order chi connectivity index (χ1) is 32.2. The second-order valence-corrected chi connectivity index (χ2v) is 23.8. The van der Waals surface area contributed by atoms with E-state index in [1.54, 1.807) is 0 Å². The monoisotopic (exact) mass is 1070 g/mol. The molecule has 0 N–H and O–H groups in total. The van der Waals surface area contributed by atoms with E-state index in [4.69, 9.17) is 14.4 Å². The molecular weight excluding hydrogens is 1010 g/mol. The van der Waals surface area contributed by atoms with Gasteiger partial charge in [-0.2, -0.15) is 0 Å². The summed E-state index contributed by atoms with van der Waals surface area (Å²) in [5.74, 6) is 0.548. The molecule has 10 aromatic rings. The Labute approximate surface area is 411 Å². The maximum Gasteiger partial charge on any atom is 0.145 e. The summed E-state index contributed by atoms with van der Waals surface area (Å²) in [5, 5.41) is 6.24. The van der Waals surface area contributed by atoms with E-state index in [-0.39, 0.29) is 20.1 Å². The predicted molar refractivity (Wildman–Crippen MR) is 282 cm³/mol. The summed E-state index contributed by atoms with van der Waals surface area (Å²) in [6.45, 7) is 13.9. The summed E-state index contributed by atoms with van der Waals surface area (Å²) in [6, 6.07) is 57.4. The largest absolute Gasteiger partial charge is 0.455 e. The van der Waals surface area contributed by atoms with Gasteiger partial charge in [0.2, 0.25) is 0 Å². The number of hydrogen-bond donors (Lipinski definition) is 0. The van der Waals surface area contributed by atoms with E-state index >= 15 is 0 Å². The molecule has 0 fully saturated rings. The molecule has 4 aromatic heterocycles. The van der Waals surface area contributed by atoms with Gasteiger partial charge >= 0.3 is 0 Å². The number of furan rings is 1. The zero-order valence-electron chi connectivity index (χ0n) is 39.5. The summed E-state index contributed by atoms with van der Waals surface area (Å²) >= 11 is 0. The number of pyridine rings is 3. The minimum Gasteiger partial charge on any atom is -0.455 e. The van der Waals surface area contributed by atoms with Crippen molar-refractivity contribution in [3.8, 4) is 44.9 Å². The van der Waals surface area contributed by atoms with Crippen molar-refractivity contribution in [1.29, 1.82) is 0 Å². The van der Waals surface area contributed by atoms with Crippen molar-refractivity contribution in [3.63, 3.8) is 0 Å². The molecule has 0 spiro atoms. The molecule has 1 aliphatic rings. The van der Waals surface area contributed by atoms with Gasteiger partial charge in [-0.15, -0.1) is 0 Å². The second kappa shape index (κ2) is 21.1. The van der Waals surface area contributed by atoms with Crippen molar-refractivity contribution in [3.05, 3.63) is 205 Å². The van der Waals surface area contributed by atoms with E-state index in [9.17, 15) is 0 Å². The van der Waals surface area contributed by atoms with Crippen LogP contribution in [0.25, 0.3) is 77.6 Å². The molecule has 0 unspecified atom stereocenters. The van der Waals surface area contributed by atoms with Crippen molar-refractivity contribution < 1.29 is 24.5 Å². The minimum atomic E-state index is -1.33. The number of aromatic nitrogens is 3. The fourth-order valence-electron chi connectivity index (χ4n) is 9.26. The van der Waals surface area contributed by atoms with Crippen LogP contribution in [-0.4, -0.2) is 23.0 Å². The van der Waals surface area contributed by atoms with Crippen LogP contribution in [-0.2, 0) is 39.4 Å². The normalized spacial score (nSPS) is 12.2. The number of aryl methyl sites for hydroxylation is 3. The first-order valence-corrected chi connectivity index (χ1v) is 27.1. The molecule has 11 rings (SSSR count). The van der Waals surface area contributed by atoms with Gasteiger partial charge in [-0.1, -0.05) is 174 Å². The smallest absolute Gasteiger partial charge is 0.145 e. The number of hydrogen-bond acceptors (Lipinski definition) is 4. The van der Waals surface area contributed by atoms with Crippen LogP contribution in [0.2, 0.25) is 19.6 Å². The molecule has 0 saturated heterocycles. The molecule has 0 saturated carbocycles. The summed E-state index contributed by atoms with van der Waals surface area (Å²) < 4.78 is 6.77. The topological polar surface area (TPSA) is 51.8 Å². The zero-order chi connectivity index (χ0) is 45.6. The molecule has 4 heterocycles. The molecule has 0 atom stereocenters. The second-order valence-electron chi connectivity index (χ2n) is 18.7. The molecule has 6 heteroatoms. The number of rotatable bonds is 7. The SMILES string of the molecule is CC(C)c1cc(-c2ccccc2)ncc1[Si](C)(C)C.CCc1ccnc(-c2ccccc2)c1.[Ir].c1ccc(-c2ccc(-c3cc4ccccc4cn3)c3oc4c5c(ccc4c23)CCCC5)cc1. The van der Waals surface area contributed by atoms with Crippen LogP contribution >= 0.6 is 0 Å². The van der Waals surface area contributed by atoms with E-state index in [0.717, 1.165) is 58.5 Å². The third-order valence-corrected chi connectivity index (χ3v) is 14.9. The fourth-order valence-corrected chi connectivity index (χ4v) is 10.9. The fraction of sp³-hybridized carbons (Fsp3) is 0.197. The molecule has 4 nitrogen and oxygen atoms in total. The summed E-state index contributed by atoms with van der Waals surface area (Å²) in [4.78, 5) is 13.9. The zero-order valence-corrected chi connectivity index (χ0v) is 42.9. The predicted octanol–water partition coefficient (Wildman–Crippen LogP) is 16.1. The van der Waals surface area contributed by atoms with Crippen LogP contribution in [0.15, 0.2) is 187 Å². The van der Waals surface area contributed by atoms with Gasteiger partial charge in [0.15, 0.2) is 0 Å². The van der Waals surface area contributed by atoms with E-state index < -0.39 is 8.07 Å². The summed E-state index contributed by atoms with van der Waals surface area (Å²) in [6.07, 6.45) is 11.7. The molecule has 0 aliphatic heterocycles. The van der Waals surface area contributed by atoms with Crippen LogP contribution < -0.4 is 5.19 Å². The molecular formula is C61H59IrN3OSi. The van der Waals surface area contributed by atoms with Crippen molar-refractivity contribution in [1.82, 2.24) is 15.0 Å². The Balaban J connectivity index is 0.000000152. The third-order valence-electron chi connectivity index (χ3n) is 12.8. The van der Waals surface area contributed by atoms with Gasteiger partial charge in [-0.3, -0.25) is 15.0 Å². The van der Waals surface area contributed by atoms with Gasteiger partial charge in [0.25, 0.3) is 0 Å². The number of nitrogens with zero attached hydrogens (tertiary/aromatic N) is 3. The number of fused-ring (bicyclic) bond motifs is 6. The van der Waals surface area contributed by atoms with E-state index in [0.29, 0.717) is 5.92 Å². The Hall–Kier alpha value is -6.30. The molecule has 0 amide bonds. The van der Waals surface area contributed by atoms with Crippen LogP contribution in [0.5, 0.6) is 0 Å². The van der Waals surface area contributed by atoms with Crippen LogP contribution in [0.3, 0.4) is 0 Å². The molecule has 6 aromatic carbocycles. The van der Waals surface area contributed by atoms with E-state index in [1.807, 2.05) is 36.7 Å². The van der Waals surface area contributed by atoms with Gasteiger partial charge in [-0.25, -0.2) is 0 Å². The van der Waals surface area contributed by atoms with Crippen LogP contribution in [0.1, 0.15) is 61.8 Å². The van der Waals surface area contributed by atoms with Gasteiger partial charge < -0.3 is 4.42 Å². The Morgan fingerprint density at radius 2 is 1.15 bits per heavy atom. The van der Waals surface area contributed by atoms with E-state index in [1.165, 1.54) is 78.7 Å². The molecule has 1 radical (unpaired) electrons. The van der Waals surface area contributed by atoms with Crippen LogP contribution in [0.4, 0.5) is 0 Å². The Kier molecular flexibility index (Phi) is 14.9. The maximum atomic E-state index is 6.77. The van der Waals surface area contributed by atoms with Gasteiger partial charge in [0.05, 0.1) is 25.2 Å². The van der Waals surface area contributed by atoms with E-state index in [2.05, 4.69) is 191 Å². The van der Waals surface area contributed by atoms with Gasteiger partial charge in [-0.05, 0) is 112 Å². The average Bonchev–Trinajstić information content (AvgIpc) is 3.77. The van der Waals surface area contributed by atoms with Crippen molar-refractivity contribution in [2.75, 3.05) is 0 Å². The maximum absolute atomic E-state index is 6.77. The molecule has 67 heavy (non-hydrogen) atoms. The average molecular weight is 1070 g/mol. The van der Waals surface area contributed by atoms with Gasteiger partial charge in [0.1, 0.15) is 11.2 Å². The third kappa shape index (κ3) is 10.5. The Morgan fingerprint density at radius 3 is 1.81 bits per heavy atom. The van der Waals surface area contributed by atoms with Gasteiger partial charge in [0, 0.05) is 71.5 Å². The van der Waals surface area contributed by atoms with Crippen molar-refractivity contribution >= 4 is 46.0 Å².